The molecule has 3 rings (SSSR count). The molecule has 0 aliphatic rings. The lowest BCUT2D eigenvalue weighted by atomic mass is 10.2. The Balaban J connectivity index is 1.85. The van der Waals surface area contributed by atoms with Gasteiger partial charge in [0, 0.05) is 16.9 Å². The molecule has 0 radical (unpaired) electrons. The molecular formula is C21H17Cl2FN2O2. The predicted octanol–water partition coefficient (Wildman–Crippen LogP) is 5.53. The zero-order valence-corrected chi connectivity index (χ0v) is 16.5. The molecular weight excluding hydrogens is 402 g/mol. The quantitative estimate of drug-likeness (QED) is 0.528. The smallest absolute Gasteiger partial charge is 0.268 e. The zero-order chi connectivity index (χ0) is 20.1. The van der Waals surface area contributed by atoms with Crippen molar-refractivity contribution in [2.45, 2.75) is 19.6 Å². The van der Waals surface area contributed by atoms with Crippen molar-refractivity contribution >= 4 is 34.8 Å². The third-order valence-corrected chi connectivity index (χ3v) is 4.53. The summed E-state index contributed by atoms with van der Waals surface area (Å²) in [6, 6.07) is 15.9. The first-order valence-electron chi connectivity index (χ1n) is 8.52. The van der Waals surface area contributed by atoms with Crippen LogP contribution in [0.2, 0.25) is 10.0 Å². The molecule has 0 saturated carbocycles. The minimum atomic E-state index is -0.840. The lowest BCUT2D eigenvalue weighted by Crippen LogP contribution is -2.40. The Labute approximate surface area is 172 Å². The molecule has 7 heteroatoms. The summed E-state index contributed by atoms with van der Waals surface area (Å²) < 4.78 is 19.1. The minimum Gasteiger partial charge on any atom is -0.479 e. The number of benzene rings is 2. The van der Waals surface area contributed by atoms with Crippen molar-refractivity contribution in [3.05, 3.63) is 88.4 Å². The topological polar surface area (TPSA) is 42.4 Å². The highest BCUT2D eigenvalue weighted by atomic mass is 35.5. The minimum absolute atomic E-state index is 0.216. The average molecular weight is 419 g/mol. The van der Waals surface area contributed by atoms with Gasteiger partial charge in [0.15, 0.2) is 6.10 Å². The van der Waals surface area contributed by atoms with E-state index in [1.165, 1.54) is 29.2 Å². The van der Waals surface area contributed by atoms with Crippen LogP contribution in [0.1, 0.15) is 12.6 Å². The number of hydrogen-bond acceptors (Lipinski definition) is 3. The van der Waals surface area contributed by atoms with Gasteiger partial charge in [-0.2, -0.15) is 0 Å². The van der Waals surface area contributed by atoms with Crippen molar-refractivity contribution in [1.82, 2.24) is 4.98 Å². The van der Waals surface area contributed by atoms with Gasteiger partial charge in [-0.15, -0.1) is 0 Å². The van der Waals surface area contributed by atoms with E-state index in [-0.39, 0.29) is 18.3 Å². The molecule has 1 aromatic heterocycles. The molecule has 0 N–H and O–H groups in total. The Morgan fingerprint density at radius 1 is 1.14 bits per heavy atom. The SMILES string of the molecule is CC(Oc1ccc(Cl)cc1Cl)C(=O)N(Cc1ccccn1)c1ccc(F)cc1. The summed E-state index contributed by atoms with van der Waals surface area (Å²) in [5, 5.41) is 0.782. The number of anilines is 1. The number of rotatable bonds is 6. The van der Waals surface area contributed by atoms with Crippen LogP contribution in [0.5, 0.6) is 5.75 Å². The first-order chi connectivity index (χ1) is 13.4. The van der Waals surface area contributed by atoms with Gasteiger partial charge >= 0.3 is 0 Å². The van der Waals surface area contributed by atoms with E-state index in [4.69, 9.17) is 27.9 Å². The summed E-state index contributed by atoms with van der Waals surface area (Å²) in [6.45, 7) is 1.84. The van der Waals surface area contributed by atoms with Crippen molar-refractivity contribution in [3.8, 4) is 5.75 Å². The number of pyridine rings is 1. The molecule has 0 fully saturated rings. The summed E-state index contributed by atoms with van der Waals surface area (Å²) in [5.41, 5.74) is 1.23. The second-order valence-electron chi connectivity index (χ2n) is 6.06. The van der Waals surface area contributed by atoms with Gasteiger partial charge in [-0.3, -0.25) is 9.78 Å². The van der Waals surface area contributed by atoms with E-state index in [0.29, 0.717) is 27.2 Å². The highest BCUT2D eigenvalue weighted by Gasteiger charge is 2.25. The number of nitrogens with zero attached hydrogens (tertiary/aromatic N) is 2. The maximum atomic E-state index is 13.3. The fraction of sp³-hybridized carbons (Fsp3) is 0.143. The van der Waals surface area contributed by atoms with Gasteiger partial charge < -0.3 is 9.64 Å². The zero-order valence-electron chi connectivity index (χ0n) is 15.0. The Hall–Kier alpha value is -2.63. The molecule has 0 spiro atoms. The van der Waals surface area contributed by atoms with Crippen molar-refractivity contribution in [1.29, 1.82) is 0 Å². The fourth-order valence-corrected chi connectivity index (χ4v) is 3.06. The van der Waals surface area contributed by atoms with Crippen LogP contribution in [0.25, 0.3) is 0 Å². The van der Waals surface area contributed by atoms with E-state index in [1.807, 2.05) is 12.1 Å². The number of carbonyl (C=O) groups is 1. The van der Waals surface area contributed by atoms with Crippen LogP contribution in [0, 0.1) is 5.82 Å². The van der Waals surface area contributed by atoms with E-state index >= 15 is 0 Å². The van der Waals surface area contributed by atoms with Crippen LogP contribution in [-0.2, 0) is 11.3 Å². The van der Waals surface area contributed by atoms with Crippen LogP contribution >= 0.6 is 23.2 Å². The van der Waals surface area contributed by atoms with E-state index in [9.17, 15) is 9.18 Å². The van der Waals surface area contributed by atoms with E-state index in [0.717, 1.165) is 0 Å². The van der Waals surface area contributed by atoms with Crippen LogP contribution in [0.15, 0.2) is 66.9 Å². The third kappa shape index (κ3) is 5.00. The Bertz CT molecular complexity index is 952. The first kappa shape index (κ1) is 20.1. The third-order valence-electron chi connectivity index (χ3n) is 4.00. The fourth-order valence-electron chi connectivity index (χ4n) is 2.60. The molecule has 1 atom stereocenters. The van der Waals surface area contributed by atoms with Crippen molar-refractivity contribution in [2.75, 3.05) is 4.90 Å². The number of amides is 1. The molecule has 1 unspecified atom stereocenters. The van der Waals surface area contributed by atoms with Crippen LogP contribution in [-0.4, -0.2) is 17.0 Å². The normalized spacial score (nSPS) is 11.7. The van der Waals surface area contributed by atoms with Crippen LogP contribution in [0.4, 0.5) is 10.1 Å². The highest BCUT2D eigenvalue weighted by molar-refractivity contribution is 6.35. The van der Waals surface area contributed by atoms with Gasteiger partial charge in [-0.25, -0.2) is 4.39 Å². The highest BCUT2D eigenvalue weighted by Crippen LogP contribution is 2.29. The van der Waals surface area contributed by atoms with E-state index < -0.39 is 6.10 Å². The largest absolute Gasteiger partial charge is 0.479 e. The molecule has 1 amide bonds. The second kappa shape index (κ2) is 9.04. The average Bonchev–Trinajstić information content (AvgIpc) is 2.69. The summed E-state index contributed by atoms with van der Waals surface area (Å²) in [6.07, 6.45) is 0.809. The summed E-state index contributed by atoms with van der Waals surface area (Å²) in [7, 11) is 0. The van der Waals surface area contributed by atoms with Crippen molar-refractivity contribution in [3.63, 3.8) is 0 Å². The number of hydrogen-bond donors (Lipinski definition) is 0. The predicted molar refractivity (Wildman–Crippen MR) is 108 cm³/mol. The van der Waals surface area contributed by atoms with Crippen molar-refractivity contribution < 1.29 is 13.9 Å². The van der Waals surface area contributed by atoms with Gasteiger partial charge in [0.2, 0.25) is 0 Å². The van der Waals surface area contributed by atoms with Crippen molar-refractivity contribution in [2.24, 2.45) is 0 Å². The van der Waals surface area contributed by atoms with Gasteiger partial charge in [0.25, 0.3) is 5.91 Å². The second-order valence-corrected chi connectivity index (χ2v) is 6.90. The van der Waals surface area contributed by atoms with Crippen LogP contribution in [0.3, 0.4) is 0 Å². The number of halogens is 3. The maximum Gasteiger partial charge on any atom is 0.268 e. The molecule has 0 aliphatic heterocycles. The van der Waals surface area contributed by atoms with Gasteiger partial charge in [-0.05, 0) is 61.5 Å². The van der Waals surface area contributed by atoms with Gasteiger partial charge in [0.1, 0.15) is 11.6 Å². The molecule has 3 aromatic rings. The monoisotopic (exact) mass is 418 g/mol. The van der Waals surface area contributed by atoms with E-state index in [1.54, 1.807) is 37.4 Å². The number of carbonyl (C=O) groups excluding carboxylic acids is 1. The molecule has 144 valence electrons. The first-order valence-corrected chi connectivity index (χ1v) is 9.28. The van der Waals surface area contributed by atoms with E-state index in [2.05, 4.69) is 4.98 Å². The summed E-state index contributed by atoms with van der Waals surface area (Å²) in [4.78, 5) is 18.9. The summed E-state index contributed by atoms with van der Waals surface area (Å²) in [5.74, 6) is -0.349. The Morgan fingerprint density at radius 3 is 2.54 bits per heavy atom. The Morgan fingerprint density at radius 2 is 1.89 bits per heavy atom. The van der Waals surface area contributed by atoms with Gasteiger partial charge in [0.05, 0.1) is 17.3 Å². The molecule has 4 nitrogen and oxygen atoms in total. The molecule has 0 saturated heterocycles. The molecule has 0 bridgehead atoms. The standard InChI is InChI=1S/C21H17Cl2FN2O2/c1-14(28-20-10-5-15(22)12-19(20)23)21(27)26(13-17-4-2-3-11-25-17)18-8-6-16(24)7-9-18/h2-12,14H,13H2,1H3. The molecule has 2 aromatic carbocycles. The lowest BCUT2D eigenvalue weighted by Gasteiger charge is -2.26. The van der Waals surface area contributed by atoms with Gasteiger partial charge in [-0.1, -0.05) is 29.3 Å². The lowest BCUT2D eigenvalue weighted by molar-refractivity contribution is -0.124. The Kier molecular flexibility index (Phi) is 6.49. The molecule has 28 heavy (non-hydrogen) atoms. The molecule has 1 heterocycles. The summed E-state index contributed by atoms with van der Waals surface area (Å²) >= 11 is 12.0. The number of ether oxygens (including phenoxy) is 1. The maximum absolute atomic E-state index is 13.3. The molecule has 0 aliphatic carbocycles. The number of aromatic nitrogens is 1. The van der Waals surface area contributed by atoms with Crippen LogP contribution < -0.4 is 9.64 Å².